The Morgan fingerprint density at radius 2 is 1.47 bits per heavy atom. The number of rotatable bonds is 6. The Morgan fingerprint density at radius 1 is 0.875 bits per heavy atom. The van der Waals surface area contributed by atoms with E-state index >= 15 is 0 Å². The van der Waals surface area contributed by atoms with Crippen molar-refractivity contribution in [1.82, 2.24) is 9.97 Å². The van der Waals surface area contributed by atoms with Gasteiger partial charge in [-0.1, -0.05) is 25.7 Å². The quantitative estimate of drug-likeness (QED) is 0.401. The summed E-state index contributed by atoms with van der Waals surface area (Å²) < 4.78 is 0. The molecule has 1 aromatic heterocycles. The summed E-state index contributed by atoms with van der Waals surface area (Å²) in [6, 6.07) is 8.27. The molecule has 1 aromatic carbocycles. The van der Waals surface area contributed by atoms with Crippen LogP contribution in [0.4, 0.5) is 23.3 Å². The predicted octanol–water partition coefficient (Wildman–Crippen LogP) is 4.59. The molecular weight excluding hydrogens is 406 g/mol. The molecule has 2 saturated heterocycles. The normalized spacial score (nSPS) is 17.8. The lowest BCUT2D eigenvalue weighted by Gasteiger charge is -2.25. The fraction of sp³-hybridized carbons (Fsp3) is 0.522. The van der Waals surface area contributed by atoms with E-state index in [4.69, 9.17) is 9.97 Å². The van der Waals surface area contributed by atoms with Gasteiger partial charge in [0.1, 0.15) is 5.82 Å². The SMILES string of the molecule is O=[N+]([O-])c1ccc(/C=N\Nc2cc(N3CCCCCC3)nc(N3CCCCCC3)n2)cc1. The molecule has 2 aromatic rings. The maximum Gasteiger partial charge on any atom is 0.269 e. The Kier molecular flexibility index (Phi) is 7.47. The maximum absolute atomic E-state index is 10.8. The number of hydrogen-bond acceptors (Lipinski definition) is 8. The summed E-state index contributed by atoms with van der Waals surface area (Å²) in [7, 11) is 0. The van der Waals surface area contributed by atoms with Crippen molar-refractivity contribution in [3.63, 3.8) is 0 Å². The highest BCUT2D eigenvalue weighted by atomic mass is 16.6. The highest BCUT2D eigenvalue weighted by Gasteiger charge is 2.18. The minimum absolute atomic E-state index is 0.0649. The van der Waals surface area contributed by atoms with Crippen molar-refractivity contribution in [3.05, 3.63) is 46.0 Å². The minimum Gasteiger partial charge on any atom is -0.356 e. The summed E-state index contributed by atoms with van der Waals surface area (Å²) in [5, 5.41) is 15.1. The van der Waals surface area contributed by atoms with Gasteiger partial charge in [0.25, 0.3) is 5.69 Å². The van der Waals surface area contributed by atoms with E-state index in [1.807, 2.05) is 6.07 Å². The number of nitro benzene ring substituents is 1. The van der Waals surface area contributed by atoms with E-state index in [1.54, 1.807) is 18.3 Å². The van der Waals surface area contributed by atoms with E-state index in [1.165, 1.54) is 63.5 Å². The van der Waals surface area contributed by atoms with Crippen molar-refractivity contribution >= 4 is 29.5 Å². The second kappa shape index (κ2) is 10.9. The van der Waals surface area contributed by atoms with Crippen LogP contribution in [0.1, 0.15) is 56.9 Å². The summed E-state index contributed by atoms with van der Waals surface area (Å²) in [5.74, 6) is 2.38. The van der Waals surface area contributed by atoms with E-state index < -0.39 is 4.92 Å². The molecule has 2 fully saturated rings. The van der Waals surface area contributed by atoms with Crippen LogP contribution < -0.4 is 15.2 Å². The first kappa shape index (κ1) is 22.0. The third-order valence-corrected chi connectivity index (χ3v) is 6.02. The fourth-order valence-corrected chi connectivity index (χ4v) is 4.21. The van der Waals surface area contributed by atoms with Crippen LogP contribution in [0.15, 0.2) is 35.4 Å². The van der Waals surface area contributed by atoms with Crippen molar-refractivity contribution in [2.75, 3.05) is 41.4 Å². The molecule has 3 heterocycles. The first-order chi connectivity index (χ1) is 15.7. The van der Waals surface area contributed by atoms with Gasteiger partial charge in [-0.25, -0.2) is 0 Å². The van der Waals surface area contributed by atoms with E-state index in [9.17, 15) is 10.1 Å². The van der Waals surface area contributed by atoms with Crippen LogP contribution in [0.3, 0.4) is 0 Å². The third kappa shape index (κ3) is 5.93. The molecule has 4 rings (SSSR count). The van der Waals surface area contributed by atoms with Gasteiger partial charge in [-0.05, 0) is 43.4 Å². The topological polar surface area (TPSA) is 99.8 Å². The molecule has 0 spiro atoms. The lowest BCUT2D eigenvalue weighted by Crippen LogP contribution is -2.29. The standard InChI is InChI=1S/C23H31N7O2/c31-30(32)20-11-9-19(10-12-20)18-24-27-21-17-22(28-13-5-1-2-6-14-28)26-23(25-21)29-15-7-3-4-8-16-29/h9-12,17-18H,1-8,13-16H2,(H,25,26,27)/b24-18-. The van der Waals surface area contributed by atoms with E-state index in [0.717, 1.165) is 43.5 Å². The Labute approximate surface area is 188 Å². The zero-order valence-electron chi connectivity index (χ0n) is 18.4. The molecule has 0 radical (unpaired) electrons. The fourth-order valence-electron chi connectivity index (χ4n) is 4.21. The lowest BCUT2D eigenvalue weighted by atomic mass is 10.2. The summed E-state index contributed by atoms with van der Waals surface area (Å²) in [4.78, 5) is 24.8. The number of hydrazone groups is 1. The second-order valence-corrected chi connectivity index (χ2v) is 8.43. The molecule has 9 heteroatoms. The molecule has 0 atom stereocenters. The molecule has 170 valence electrons. The number of benzene rings is 1. The number of nitrogens with one attached hydrogen (secondary N) is 1. The molecule has 0 saturated carbocycles. The molecule has 32 heavy (non-hydrogen) atoms. The summed E-state index contributed by atoms with van der Waals surface area (Å²) in [6.45, 7) is 3.99. The number of hydrogen-bond donors (Lipinski definition) is 1. The van der Waals surface area contributed by atoms with Crippen molar-refractivity contribution < 1.29 is 4.92 Å². The molecular formula is C23H31N7O2. The lowest BCUT2D eigenvalue weighted by molar-refractivity contribution is -0.384. The molecule has 0 unspecified atom stereocenters. The molecule has 2 aliphatic rings. The van der Waals surface area contributed by atoms with Crippen molar-refractivity contribution in [3.8, 4) is 0 Å². The zero-order chi connectivity index (χ0) is 22.2. The first-order valence-corrected chi connectivity index (χ1v) is 11.6. The molecule has 0 aliphatic carbocycles. The molecule has 1 N–H and O–H groups in total. The van der Waals surface area contributed by atoms with Crippen molar-refractivity contribution in [1.29, 1.82) is 0 Å². The van der Waals surface area contributed by atoms with Gasteiger partial charge < -0.3 is 9.80 Å². The average molecular weight is 438 g/mol. The Hall–Kier alpha value is -3.23. The zero-order valence-corrected chi connectivity index (χ0v) is 18.4. The van der Waals surface area contributed by atoms with Gasteiger partial charge in [0.15, 0.2) is 5.82 Å². The van der Waals surface area contributed by atoms with Crippen LogP contribution in [0.25, 0.3) is 0 Å². The maximum atomic E-state index is 10.8. The van der Waals surface area contributed by atoms with Crippen LogP contribution in [-0.2, 0) is 0 Å². The van der Waals surface area contributed by atoms with Crippen LogP contribution >= 0.6 is 0 Å². The van der Waals surface area contributed by atoms with E-state index in [2.05, 4.69) is 20.3 Å². The van der Waals surface area contributed by atoms with Gasteiger partial charge in [-0.3, -0.25) is 15.5 Å². The summed E-state index contributed by atoms with van der Waals surface area (Å²) in [6.07, 6.45) is 11.4. The molecule has 0 bridgehead atoms. The number of nitro groups is 1. The monoisotopic (exact) mass is 437 g/mol. The highest BCUT2D eigenvalue weighted by Crippen LogP contribution is 2.25. The Morgan fingerprint density at radius 3 is 2.06 bits per heavy atom. The molecule has 0 amide bonds. The first-order valence-electron chi connectivity index (χ1n) is 11.6. The number of non-ortho nitro benzene ring substituents is 1. The van der Waals surface area contributed by atoms with Gasteiger partial charge in [-0.2, -0.15) is 15.1 Å². The van der Waals surface area contributed by atoms with Gasteiger partial charge in [0.2, 0.25) is 5.95 Å². The molecule has 2 aliphatic heterocycles. The highest BCUT2D eigenvalue weighted by molar-refractivity contribution is 5.80. The van der Waals surface area contributed by atoms with Gasteiger partial charge in [-0.15, -0.1) is 0 Å². The van der Waals surface area contributed by atoms with Gasteiger partial charge in [0.05, 0.1) is 11.1 Å². The third-order valence-electron chi connectivity index (χ3n) is 6.02. The number of aromatic nitrogens is 2. The summed E-state index contributed by atoms with van der Waals surface area (Å²) >= 11 is 0. The largest absolute Gasteiger partial charge is 0.356 e. The minimum atomic E-state index is -0.408. The average Bonchev–Trinajstić information content (AvgIpc) is 3.25. The van der Waals surface area contributed by atoms with Gasteiger partial charge in [0, 0.05) is 44.4 Å². The number of nitrogens with zero attached hydrogens (tertiary/aromatic N) is 6. The molecule has 9 nitrogen and oxygen atoms in total. The smallest absolute Gasteiger partial charge is 0.269 e. The van der Waals surface area contributed by atoms with Crippen molar-refractivity contribution in [2.24, 2.45) is 5.10 Å². The van der Waals surface area contributed by atoms with Crippen LogP contribution in [0, 0.1) is 10.1 Å². The van der Waals surface area contributed by atoms with E-state index in [-0.39, 0.29) is 5.69 Å². The second-order valence-electron chi connectivity index (χ2n) is 8.43. The predicted molar refractivity (Wildman–Crippen MR) is 128 cm³/mol. The van der Waals surface area contributed by atoms with Crippen LogP contribution in [-0.4, -0.2) is 47.3 Å². The summed E-state index contributed by atoms with van der Waals surface area (Å²) in [5.41, 5.74) is 3.89. The number of anilines is 3. The Balaban J connectivity index is 1.54. The Bertz CT molecular complexity index is 878. The van der Waals surface area contributed by atoms with E-state index in [0.29, 0.717) is 5.82 Å². The van der Waals surface area contributed by atoms with Gasteiger partial charge >= 0.3 is 0 Å². The van der Waals surface area contributed by atoms with Crippen LogP contribution in [0.2, 0.25) is 0 Å². The van der Waals surface area contributed by atoms with Crippen LogP contribution in [0.5, 0.6) is 0 Å². The van der Waals surface area contributed by atoms with Crippen molar-refractivity contribution in [2.45, 2.75) is 51.4 Å².